The average molecular weight is 267 g/mol. The fourth-order valence-electron chi connectivity index (χ4n) is 1.23. The maximum Gasteiger partial charge on any atom is 0.576 e. The van der Waals surface area contributed by atoms with Crippen molar-refractivity contribution in [1.29, 1.82) is 0 Å². The molecule has 0 heterocycles. The molecule has 0 spiro atoms. The van der Waals surface area contributed by atoms with Crippen LogP contribution in [-0.4, -0.2) is 7.69 Å². The number of hydrogen-bond donors (Lipinski definition) is 0. The largest absolute Gasteiger partial charge is 0.576 e. The van der Waals surface area contributed by atoms with Crippen LogP contribution in [0.3, 0.4) is 0 Å². The summed E-state index contributed by atoms with van der Waals surface area (Å²) in [6.45, 7) is 0. The maximum atomic E-state index is 5.76. The zero-order chi connectivity index (χ0) is 12.1. The third-order valence-electron chi connectivity index (χ3n) is 2.08. The minimum absolute atomic E-state index is 0.142. The lowest BCUT2D eigenvalue weighted by Gasteiger charge is -2.07. The van der Waals surface area contributed by atoms with Gasteiger partial charge < -0.3 is 9.31 Å². The van der Waals surface area contributed by atoms with Crippen LogP contribution in [0.5, 0.6) is 11.5 Å². The Kier molecular flexibility index (Phi) is 4.18. The minimum atomic E-state index is 0.142. The van der Waals surface area contributed by atoms with E-state index in [0.717, 1.165) is 0 Å². The van der Waals surface area contributed by atoms with E-state index in [9.17, 15) is 0 Å². The summed E-state index contributed by atoms with van der Waals surface area (Å²) in [6.07, 6.45) is 0. The van der Waals surface area contributed by atoms with Gasteiger partial charge in [0.05, 0.1) is 0 Å². The van der Waals surface area contributed by atoms with Crippen molar-refractivity contribution in [2.45, 2.75) is 0 Å². The summed E-state index contributed by atoms with van der Waals surface area (Å²) in [7, 11) is 0.142. The molecular formula is C12H9BCl2O2. The molecule has 0 bridgehead atoms. The van der Waals surface area contributed by atoms with E-state index in [1.54, 1.807) is 48.5 Å². The van der Waals surface area contributed by atoms with E-state index >= 15 is 0 Å². The topological polar surface area (TPSA) is 18.5 Å². The molecule has 2 aromatic carbocycles. The van der Waals surface area contributed by atoms with Crippen LogP contribution in [0, 0.1) is 0 Å². The van der Waals surface area contributed by atoms with Gasteiger partial charge in [0.25, 0.3) is 0 Å². The molecule has 0 radical (unpaired) electrons. The normalized spacial score (nSPS) is 9.76. The van der Waals surface area contributed by atoms with E-state index in [1.165, 1.54) is 0 Å². The summed E-state index contributed by atoms with van der Waals surface area (Å²) in [4.78, 5) is 0. The molecule has 0 fully saturated rings. The number of hydrogen-bond acceptors (Lipinski definition) is 2. The van der Waals surface area contributed by atoms with Crippen molar-refractivity contribution in [3.05, 3.63) is 58.6 Å². The van der Waals surface area contributed by atoms with E-state index in [4.69, 9.17) is 32.5 Å². The fourth-order valence-corrected chi connectivity index (χ4v) is 1.48. The van der Waals surface area contributed by atoms with Crippen molar-refractivity contribution >= 4 is 30.9 Å². The molecule has 2 rings (SSSR count). The van der Waals surface area contributed by atoms with Gasteiger partial charge in [0.1, 0.15) is 11.5 Å². The van der Waals surface area contributed by atoms with Gasteiger partial charge in [-0.2, -0.15) is 0 Å². The Labute approximate surface area is 110 Å². The van der Waals surface area contributed by atoms with Crippen LogP contribution in [-0.2, 0) is 0 Å². The van der Waals surface area contributed by atoms with E-state index < -0.39 is 0 Å². The first-order chi connectivity index (χ1) is 8.24. The molecule has 0 atom stereocenters. The second-order valence-corrected chi connectivity index (χ2v) is 4.19. The van der Waals surface area contributed by atoms with Crippen molar-refractivity contribution in [2.24, 2.45) is 0 Å². The van der Waals surface area contributed by atoms with E-state index in [1.807, 2.05) is 0 Å². The van der Waals surface area contributed by atoms with Crippen molar-refractivity contribution < 1.29 is 9.31 Å². The van der Waals surface area contributed by atoms with Crippen LogP contribution in [0.25, 0.3) is 0 Å². The van der Waals surface area contributed by atoms with Crippen LogP contribution >= 0.6 is 23.2 Å². The van der Waals surface area contributed by atoms with Crippen molar-refractivity contribution in [1.82, 2.24) is 0 Å². The molecule has 2 nitrogen and oxygen atoms in total. The SMILES string of the molecule is Clc1ccc(OBOc2ccc(Cl)cc2)cc1. The van der Waals surface area contributed by atoms with Crippen LogP contribution < -0.4 is 9.31 Å². The van der Waals surface area contributed by atoms with Gasteiger partial charge >= 0.3 is 7.69 Å². The Morgan fingerprint density at radius 1 is 0.647 bits per heavy atom. The molecule has 0 unspecified atom stereocenters. The van der Waals surface area contributed by atoms with E-state index in [2.05, 4.69) is 0 Å². The predicted molar refractivity (Wildman–Crippen MR) is 71.3 cm³/mol. The number of benzene rings is 2. The molecular weight excluding hydrogens is 258 g/mol. The highest BCUT2D eigenvalue weighted by atomic mass is 35.5. The van der Waals surface area contributed by atoms with E-state index in [0.29, 0.717) is 21.5 Å². The summed E-state index contributed by atoms with van der Waals surface area (Å²) < 4.78 is 10.8. The molecule has 0 aliphatic carbocycles. The molecule has 86 valence electrons. The first-order valence-corrected chi connectivity index (χ1v) is 5.76. The molecule has 0 aliphatic heterocycles. The number of halogens is 2. The Morgan fingerprint density at radius 3 is 1.35 bits per heavy atom. The molecule has 2 aromatic rings. The van der Waals surface area contributed by atoms with Crippen molar-refractivity contribution in [2.75, 3.05) is 0 Å². The Morgan fingerprint density at radius 2 is 1.00 bits per heavy atom. The standard InChI is InChI=1S/C12H9BCl2O2/c14-9-1-5-11(6-2-9)16-13-17-12-7-3-10(15)4-8-12/h1-8,13H. The predicted octanol–water partition coefficient (Wildman–Crippen LogP) is 3.72. The lowest BCUT2D eigenvalue weighted by Crippen LogP contribution is -2.10. The molecule has 0 amide bonds. The molecule has 0 saturated heterocycles. The quantitative estimate of drug-likeness (QED) is 0.786. The van der Waals surface area contributed by atoms with Crippen LogP contribution in [0.4, 0.5) is 0 Å². The second-order valence-electron chi connectivity index (χ2n) is 3.31. The summed E-state index contributed by atoms with van der Waals surface area (Å²) in [5.41, 5.74) is 0. The smallest absolute Gasteiger partial charge is 0.529 e. The Bertz CT molecular complexity index is 425. The summed E-state index contributed by atoms with van der Waals surface area (Å²) in [5.74, 6) is 1.42. The molecule has 17 heavy (non-hydrogen) atoms. The van der Waals surface area contributed by atoms with Gasteiger partial charge in [-0.25, -0.2) is 0 Å². The lowest BCUT2D eigenvalue weighted by molar-refractivity contribution is 0.459. The molecule has 0 N–H and O–H groups in total. The molecule has 0 aromatic heterocycles. The van der Waals surface area contributed by atoms with Gasteiger partial charge in [0, 0.05) is 10.0 Å². The van der Waals surface area contributed by atoms with Gasteiger partial charge in [-0.3, -0.25) is 0 Å². The molecule has 0 saturated carbocycles. The zero-order valence-electron chi connectivity index (χ0n) is 8.90. The highest BCUT2D eigenvalue weighted by Gasteiger charge is 1.99. The third kappa shape index (κ3) is 3.88. The van der Waals surface area contributed by atoms with Crippen LogP contribution in [0.1, 0.15) is 0 Å². The minimum Gasteiger partial charge on any atom is -0.529 e. The summed E-state index contributed by atoms with van der Waals surface area (Å²) in [6, 6.07) is 14.2. The monoisotopic (exact) mass is 266 g/mol. The van der Waals surface area contributed by atoms with E-state index in [-0.39, 0.29) is 7.69 Å². The first-order valence-electron chi connectivity index (χ1n) is 5.01. The van der Waals surface area contributed by atoms with Gasteiger partial charge in [-0.1, -0.05) is 23.2 Å². The fraction of sp³-hybridized carbons (Fsp3) is 0. The zero-order valence-corrected chi connectivity index (χ0v) is 10.4. The Balaban J connectivity index is 1.83. The maximum absolute atomic E-state index is 5.76. The lowest BCUT2D eigenvalue weighted by atomic mass is 10.3. The highest BCUT2D eigenvalue weighted by Crippen LogP contribution is 2.17. The molecule has 0 aliphatic rings. The number of rotatable bonds is 4. The summed E-state index contributed by atoms with van der Waals surface area (Å²) >= 11 is 11.5. The van der Waals surface area contributed by atoms with Crippen molar-refractivity contribution in [3.8, 4) is 11.5 Å². The van der Waals surface area contributed by atoms with Crippen LogP contribution in [0.15, 0.2) is 48.5 Å². The molecule has 5 heteroatoms. The Hall–Kier alpha value is -1.32. The van der Waals surface area contributed by atoms with Gasteiger partial charge in [0.2, 0.25) is 0 Å². The first kappa shape index (κ1) is 12.2. The van der Waals surface area contributed by atoms with Gasteiger partial charge in [0.15, 0.2) is 0 Å². The van der Waals surface area contributed by atoms with Gasteiger partial charge in [-0.05, 0) is 48.5 Å². The summed E-state index contributed by atoms with van der Waals surface area (Å²) in [5, 5.41) is 1.35. The van der Waals surface area contributed by atoms with Crippen LogP contribution in [0.2, 0.25) is 10.0 Å². The van der Waals surface area contributed by atoms with Crippen molar-refractivity contribution in [3.63, 3.8) is 0 Å². The van der Waals surface area contributed by atoms with Gasteiger partial charge in [-0.15, -0.1) is 0 Å². The third-order valence-corrected chi connectivity index (χ3v) is 2.58. The second kappa shape index (κ2) is 5.85. The highest BCUT2D eigenvalue weighted by molar-refractivity contribution is 6.31. The average Bonchev–Trinajstić information content (AvgIpc) is 2.34.